The lowest BCUT2D eigenvalue weighted by Gasteiger charge is -2.42. The average Bonchev–Trinajstić information content (AvgIpc) is 2.57. The topological polar surface area (TPSA) is 15.3 Å². The maximum absolute atomic E-state index is 3.47. The Hall–Kier alpha value is -0.0800. The van der Waals surface area contributed by atoms with E-state index in [0.717, 1.165) is 18.1 Å². The molecule has 2 aliphatic rings. The minimum atomic E-state index is 0.814. The van der Waals surface area contributed by atoms with Crippen molar-refractivity contribution in [2.24, 2.45) is 0 Å². The van der Waals surface area contributed by atoms with Gasteiger partial charge < -0.3 is 5.32 Å². The molecular weight excluding hydrogens is 160 g/mol. The predicted octanol–water partition coefficient (Wildman–Crippen LogP) is 1.61. The Kier molecular flexibility index (Phi) is 2.89. The second-order valence-electron chi connectivity index (χ2n) is 4.72. The van der Waals surface area contributed by atoms with Gasteiger partial charge in [0.05, 0.1) is 0 Å². The first-order chi connectivity index (χ1) is 6.29. The molecule has 0 spiro atoms. The zero-order chi connectivity index (χ0) is 9.26. The van der Waals surface area contributed by atoms with E-state index in [-0.39, 0.29) is 0 Å². The summed E-state index contributed by atoms with van der Waals surface area (Å²) in [5.41, 5.74) is 0. The first-order valence-electron chi connectivity index (χ1n) is 5.77. The van der Waals surface area contributed by atoms with Crippen molar-refractivity contribution in [1.29, 1.82) is 0 Å². The summed E-state index contributed by atoms with van der Waals surface area (Å²) in [6.07, 6.45) is 5.59. The minimum absolute atomic E-state index is 0.814. The summed E-state index contributed by atoms with van der Waals surface area (Å²) in [7, 11) is 0. The Labute approximate surface area is 81.7 Å². The smallest absolute Gasteiger partial charge is 0.0238 e. The van der Waals surface area contributed by atoms with Gasteiger partial charge in [-0.25, -0.2) is 0 Å². The Morgan fingerprint density at radius 2 is 1.77 bits per heavy atom. The number of nitrogens with zero attached hydrogens (tertiary/aromatic N) is 1. The van der Waals surface area contributed by atoms with Gasteiger partial charge in [0.25, 0.3) is 0 Å². The van der Waals surface area contributed by atoms with E-state index < -0.39 is 0 Å². The van der Waals surface area contributed by atoms with Crippen LogP contribution in [0.15, 0.2) is 0 Å². The van der Waals surface area contributed by atoms with Crippen LogP contribution in [-0.2, 0) is 0 Å². The molecule has 2 heterocycles. The molecule has 0 amide bonds. The third kappa shape index (κ3) is 1.89. The highest BCUT2D eigenvalue weighted by Crippen LogP contribution is 2.26. The maximum Gasteiger partial charge on any atom is 0.0238 e. The van der Waals surface area contributed by atoms with E-state index in [4.69, 9.17) is 0 Å². The second-order valence-corrected chi connectivity index (χ2v) is 4.72. The van der Waals surface area contributed by atoms with Gasteiger partial charge in [0.15, 0.2) is 0 Å². The molecule has 1 N–H and O–H groups in total. The van der Waals surface area contributed by atoms with Crippen LogP contribution in [0.4, 0.5) is 0 Å². The molecule has 0 bridgehead atoms. The Bertz CT molecular complexity index is 153. The van der Waals surface area contributed by atoms with Crippen molar-refractivity contribution in [1.82, 2.24) is 10.2 Å². The van der Waals surface area contributed by atoms with E-state index in [1.807, 2.05) is 0 Å². The Morgan fingerprint density at radius 3 is 2.31 bits per heavy atom. The average molecular weight is 182 g/mol. The lowest BCUT2D eigenvalue weighted by Crippen LogP contribution is -2.50. The van der Waals surface area contributed by atoms with E-state index in [1.165, 1.54) is 38.8 Å². The molecular formula is C11H22N2. The summed E-state index contributed by atoms with van der Waals surface area (Å²) in [6.45, 7) is 7.23. The first kappa shape index (κ1) is 9.47. The molecule has 2 heteroatoms. The van der Waals surface area contributed by atoms with E-state index in [0.29, 0.717) is 0 Å². The number of hydrogen-bond acceptors (Lipinski definition) is 2. The van der Waals surface area contributed by atoms with Crippen LogP contribution in [0.3, 0.4) is 0 Å². The fourth-order valence-corrected chi connectivity index (χ4v) is 3.05. The second kappa shape index (κ2) is 3.97. The van der Waals surface area contributed by atoms with Crippen LogP contribution in [0.2, 0.25) is 0 Å². The summed E-state index contributed by atoms with van der Waals surface area (Å²) in [6, 6.07) is 2.45. The van der Waals surface area contributed by atoms with Crippen molar-refractivity contribution < 1.29 is 0 Å². The molecule has 0 aliphatic carbocycles. The molecule has 0 aromatic carbocycles. The normalized spacial score (nSPS) is 42.5. The van der Waals surface area contributed by atoms with Gasteiger partial charge in [-0.3, -0.25) is 4.90 Å². The van der Waals surface area contributed by atoms with Crippen molar-refractivity contribution in [3.05, 3.63) is 0 Å². The molecule has 3 atom stereocenters. The van der Waals surface area contributed by atoms with E-state index in [9.17, 15) is 0 Å². The van der Waals surface area contributed by atoms with Crippen LogP contribution in [0, 0.1) is 0 Å². The zero-order valence-corrected chi connectivity index (χ0v) is 8.92. The monoisotopic (exact) mass is 182 g/mol. The van der Waals surface area contributed by atoms with E-state index in [1.54, 1.807) is 0 Å². The third-order valence-corrected chi connectivity index (χ3v) is 3.72. The highest BCUT2D eigenvalue weighted by molar-refractivity contribution is 4.89. The minimum Gasteiger partial charge on any atom is -0.315 e. The summed E-state index contributed by atoms with van der Waals surface area (Å²) in [4.78, 5) is 2.75. The number of hydrogen-bond donors (Lipinski definition) is 1. The third-order valence-electron chi connectivity index (χ3n) is 3.72. The molecule has 0 aromatic heterocycles. The van der Waals surface area contributed by atoms with Crippen molar-refractivity contribution in [3.63, 3.8) is 0 Å². The van der Waals surface area contributed by atoms with Crippen molar-refractivity contribution in [2.45, 2.75) is 57.7 Å². The summed E-state index contributed by atoms with van der Waals surface area (Å²) < 4.78 is 0. The predicted molar refractivity (Wildman–Crippen MR) is 55.9 cm³/mol. The van der Waals surface area contributed by atoms with E-state index in [2.05, 4.69) is 24.1 Å². The fourth-order valence-electron chi connectivity index (χ4n) is 3.05. The summed E-state index contributed by atoms with van der Waals surface area (Å²) >= 11 is 0. The van der Waals surface area contributed by atoms with Crippen LogP contribution < -0.4 is 5.32 Å². The van der Waals surface area contributed by atoms with Gasteiger partial charge in [-0.1, -0.05) is 6.42 Å². The van der Waals surface area contributed by atoms with Gasteiger partial charge in [0.1, 0.15) is 0 Å². The highest BCUT2D eigenvalue weighted by Gasteiger charge is 2.32. The maximum atomic E-state index is 3.47. The Morgan fingerprint density at radius 1 is 1.08 bits per heavy atom. The van der Waals surface area contributed by atoms with Crippen molar-refractivity contribution in [3.8, 4) is 0 Å². The van der Waals surface area contributed by atoms with Crippen LogP contribution in [0.5, 0.6) is 0 Å². The molecule has 2 saturated heterocycles. The van der Waals surface area contributed by atoms with Crippen LogP contribution in [0.1, 0.15) is 39.5 Å². The number of rotatable bonds is 1. The molecule has 2 fully saturated rings. The molecule has 0 aromatic rings. The first-order valence-corrected chi connectivity index (χ1v) is 5.77. The quantitative estimate of drug-likeness (QED) is 0.663. The SMILES string of the molecule is CC1CCCC(C)N1C1CCNC1. The van der Waals surface area contributed by atoms with E-state index >= 15 is 0 Å². The molecule has 3 unspecified atom stereocenters. The molecule has 0 radical (unpaired) electrons. The molecule has 2 rings (SSSR count). The van der Waals surface area contributed by atoms with Crippen LogP contribution >= 0.6 is 0 Å². The molecule has 76 valence electrons. The van der Waals surface area contributed by atoms with Crippen LogP contribution in [-0.4, -0.2) is 36.1 Å². The van der Waals surface area contributed by atoms with Crippen molar-refractivity contribution >= 4 is 0 Å². The van der Waals surface area contributed by atoms with Gasteiger partial charge in [-0.05, 0) is 39.7 Å². The van der Waals surface area contributed by atoms with Gasteiger partial charge in [0, 0.05) is 24.7 Å². The van der Waals surface area contributed by atoms with Gasteiger partial charge in [-0.2, -0.15) is 0 Å². The summed E-state index contributed by atoms with van der Waals surface area (Å²) in [5, 5.41) is 3.47. The Balaban J connectivity index is 2.00. The van der Waals surface area contributed by atoms with Crippen LogP contribution in [0.25, 0.3) is 0 Å². The number of likely N-dealkylation sites (tertiary alicyclic amines) is 1. The summed E-state index contributed by atoms with van der Waals surface area (Å²) in [5.74, 6) is 0. The molecule has 2 nitrogen and oxygen atoms in total. The number of nitrogens with one attached hydrogen (secondary N) is 1. The fraction of sp³-hybridized carbons (Fsp3) is 1.00. The van der Waals surface area contributed by atoms with Gasteiger partial charge in [0.2, 0.25) is 0 Å². The molecule has 0 saturated carbocycles. The number of piperidine rings is 1. The molecule has 13 heavy (non-hydrogen) atoms. The standard InChI is InChI=1S/C11H22N2/c1-9-4-3-5-10(2)13(9)11-6-7-12-8-11/h9-12H,3-8H2,1-2H3. The zero-order valence-electron chi connectivity index (χ0n) is 8.92. The van der Waals surface area contributed by atoms with Crippen molar-refractivity contribution in [2.75, 3.05) is 13.1 Å². The lowest BCUT2D eigenvalue weighted by molar-refractivity contribution is 0.0632. The largest absolute Gasteiger partial charge is 0.315 e. The lowest BCUT2D eigenvalue weighted by atomic mass is 9.95. The highest BCUT2D eigenvalue weighted by atomic mass is 15.2. The van der Waals surface area contributed by atoms with Gasteiger partial charge >= 0.3 is 0 Å². The molecule has 2 aliphatic heterocycles. The van der Waals surface area contributed by atoms with Gasteiger partial charge in [-0.15, -0.1) is 0 Å².